The molecule has 0 bridgehead atoms. The largest absolute Gasteiger partial charge is 0.351 e. The zero-order valence-electron chi connectivity index (χ0n) is 23.3. The van der Waals surface area contributed by atoms with E-state index in [0.29, 0.717) is 17.8 Å². The minimum atomic E-state index is -0.926. The van der Waals surface area contributed by atoms with Crippen LogP contribution in [0.2, 0.25) is 0 Å². The van der Waals surface area contributed by atoms with Gasteiger partial charge in [-0.1, -0.05) is 74.5 Å². The van der Waals surface area contributed by atoms with Gasteiger partial charge in [-0.2, -0.15) is 0 Å². The molecule has 0 saturated heterocycles. The van der Waals surface area contributed by atoms with Crippen LogP contribution in [0.15, 0.2) is 78.9 Å². The van der Waals surface area contributed by atoms with Gasteiger partial charge in [-0.25, -0.2) is 4.79 Å². The summed E-state index contributed by atoms with van der Waals surface area (Å²) in [5, 5.41) is 2.96. The second-order valence-corrected chi connectivity index (χ2v) is 11.5. The predicted octanol–water partition coefficient (Wildman–Crippen LogP) is 5.55. The molecule has 204 valence electrons. The molecule has 1 heterocycles. The van der Waals surface area contributed by atoms with E-state index in [0.717, 1.165) is 16.7 Å². The SMILES string of the molecule is CC(C)c1cccc(N(C(N)=O)C2CC(c3ccccc3)c3ccccc3N(CC(=O)NC(C)(C)C)C2=O)c1. The van der Waals surface area contributed by atoms with E-state index in [4.69, 9.17) is 5.73 Å². The summed E-state index contributed by atoms with van der Waals surface area (Å²) in [6.07, 6.45) is 0.312. The first kappa shape index (κ1) is 27.9. The second kappa shape index (κ2) is 11.3. The van der Waals surface area contributed by atoms with Gasteiger partial charge >= 0.3 is 6.03 Å². The Morgan fingerprint density at radius 2 is 1.67 bits per heavy atom. The number of hydrogen-bond acceptors (Lipinski definition) is 3. The smallest absolute Gasteiger partial charge is 0.320 e. The summed E-state index contributed by atoms with van der Waals surface area (Å²) >= 11 is 0. The van der Waals surface area contributed by atoms with Crippen LogP contribution >= 0.6 is 0 Å². The van der Waals surface area contributed by atoms with Crippen LogP contribution in [0.4, 0.5) is 16.2 Å². The number of carbonyl (C=O) groups excluding carboxylic acids is 3. The summed E-state index contributed by atoms with van der Waals surface area (Å²) in [7, 11) is 0. The monoisotopic (exact) mass is 526 g/mol. The number of fused-ring (bicyclic) bond motifs is 1. The molecule has 2 atom stereocenters. The molecule has 3 aromatic carbocycles. The van der Waals surface area contributed by atoms with Crippen molar-refractivity contribution in [3.63, 3.8) is 0 Å². The molecule has 0 saturated carbocycles. The van der Waals surface area contributed by atoms with Gasteiger partial charge in [0.2, 0.25) is 5.91 Å². The summed E-state index contributed by atoms with van der Waals surface area (Å²) in [6.45, 7) is 9.66. The zero-order valence-corrected chi connectivity index (χ0v) is 23.3. The minimum absolute atomic E-state index is 0.177. The van der Waals surface area contributed by atoms with Crippen LogP contribution < -0.4 is 20.9 Å². The Kier molecular flexibility index (Phi) is 8.09. The number of nitrogens with two attached hydrogens (primary N) is 1. The van der Waals surface area contributed by atoms with Crippen molar-refractivity contribution in [1.29, 1.82) is 0 Å². The number of primary amides is 1. The maximum absolute atomic E-state index is 14.4. The Labute approximate surface area is 231 Å². The van der Waals surface area contributed by atoms with Crippen LogP contribution in [0.3, 0.4) is 0 Å². The molecule has 0 spiro atoms. The molecule has 0 fully saturated rings. The van der Waals surface area contributed by atoms with Crippen molar-refractivity contribution in [3.8, 4) is 0 Å². The fraction of sp³-hybridized carbons (Fsp3) is 0.344. The number of amides is 4. The van der Waals surface area contributed by atoms with Crippen molar-refractivity contribution in [1.82, 2.24) is 5.32 Å². The van der Waals surface area contributed by atoms with Crippen LogP contribution in [0.25, 0.3) is 0 Å². The number of carbonyl (C=O) groups is 3. The first-order valence-electron chi connectivity index (χ1n) is 13.4. The molecule has 0 aromatic heterocycles. The lowest BCUT2D eigenvalue weighted by molar-refractivity contribution is -0.125. The third-order valence-corrected chi connectivity index (χ3v) is 7.00. The fourth-order valence-corrected chi connectivity index (χ4v) is 5.25. The molecule has 2 unspecified atom stereocenters. The van der Waals surface area contributed by atoms with Crippen LogP contribution in [-0.2, 0) is 9.59 Å². The highest BCUT2D eigenvalue weighted by Crippen LogP contribution is 2.41. The molecule has 3 N–H and O–H groups in total. The molecular weight excluding hydrogens is 488 g/mol. The van der Waals surface area contributed by atoms with E-state index < -0.39 is 17.6 Å². The van der Waals surface area contributed by atoms with Crippen molar-refractivity contribution < 1.29 is 14.4 Å². The van der Waals surface area contributed by atoms with Gasteiger partial charge in [0.25, 0.3) is 5.91 Å². The molecule has 4 rings (SSSR count). The average molecular weight is 527 g/mol. The number of benzene rings is 3. The van der Waals surface area contributed by atoms with Gasteiger partial charge in [-0.3, -0.25) is 14.5 Å². The Bertz CT molecular complexity index is 1350. The molecule has 4 amide bonds. The lowest BCUT2D eigenvalue weighted by Gasteiger charge is -2.33. The number of nitrogens with one attached hydrogen (secondary N) is 1. The Morgan fingerprint density at radius 1 is 1.00 bits per heavy atom. The Morgan fingerprint density at radius 3 is 2.31 bits per heavy atom. The van der Waals surface area contributed by atoms with E-state index in [1.165, 1.54) is 9.80 Å². The van der Waals surface area contributed by atoms with E-state index in [2.05, 4.69) is 19.2 Å². The van der Waals surface area contributed by atoms with E-state index in [1.54, 1.807) is 6.07 Å². The third kappa shape index (κ3) is 6.30. The molecule has 0 aliphatic carbocycles. The number of anilines is 2. The van der Waals surface area contributed by atoms with E-state index in [9.17, 15) is 14.4 Å². The van der Waals surface area contributed by atoms with Crippen molar-refractivity contribution in [2.45, 2.75) is 64.5 Å². The minimum Gasteiger partial charge on any atom is -0.351 e. The summed E-state index contributed by atoms with van der Waals surface area (Å²) in [4.78, 5) is 43.5. The number of nitrogens with zero attached hydrogens (tertiary/aromatic N) is 2. The topological polar surface area (TPSA) is 95.7 Å². The summed E-state index contributed by atoms with van der Waals surface area (Å²) in [5.41, 5.74) is 9.71. The van der Waals surface area contributed by atoms with Gasteiger partial charge in [0.15, 0.2) is 0 Å². The predicted molar refractivity (Wildman–Crippen MR) is 156 cm³/mol. The number of rotatable bonds is 6. The first-order valence-corrected chi connectivity index (χ1v) is 13.4. The number of urea groups is 1. The molecular formula is C32H38N4O3. The maximum atomic E-state index is 14.4. The fourth-order valence-electron chi connectivity index (χ4n) is 5.25. The van der Waals surface area contributed by atoms with Gasteiger partial charge in [-0.05, 0) is 68.0 Å². The standard InChI is InChI=1S/C32H38N4O3/c1-21(2)23-14-11-15-24(18-23)36(31(33)39)28-19-26(22-12-7-6-8-13-22)25-16-9-10-17-27(25)35(30(28)38)20-29(37)34-32(3,4)5/h6-18,21,26,28H,19-20H2,1-5H3,(H2,33,39)(H,34,37). The van der Waals surface area contributed by atoms with E-state index >= 15 is 0 Å². The van der Waals surface area contributed by atoms with Crippen molar-refractivity contribution in [2.24, 2.45) is 5.73 Å². The van der Waals surface area contributed by atoms with Crippen LogP contribution in [0.1, 0.15) is 69.6 Å². The maximum Gasteiger partial charge on any atom is 0.320 e. The summed E-state index contributed by atoms with van der Waals surface area (Å²) < 4.78 is 0. The van der Waals surface area contributed by atoms with E-state index in [1.807, 2.05) is 93.6 Å². The highest BCUT2D eigenvalue weighted by atomic mass is 16.2. The zero-order chi connectivity index (χ0) is 28.3. The van der Waals surface area contributed by atoms with Crippen LogP contribution in [0, 0.1) is 0 Å². The molecule has 7 heteroatoms. The molecule has 1 aliphatic heterocycles. The highest BCUT2D eigenvalue weighted by Gasteiger charge is 2.41. The summed E-state index contributed by atoms with van der Waals surface area (Å²) in [6, 6.07) is 23.5. The Balaban J connectivity index is 1.88. The van der Waals surface area contributed by atoms with Gasteiger partial charge < -0.3 is 16.0 Å². The Hall–Kier alpha value is -4.13. The quantitative estimate of drug-likeness (QED) is 0.441. The number of para-hydroxylation sites is 1. The molecule has 1 aliphatic rings. The lowest BCUT2D eigenvalue weighted by atomic mass is 9.85. The van der Waals surface area contributed by atoms with Crippen molar-refractivity contribution in [3.05, 3.63) is 95.6 Å². The normalized spacial score (nSPS) is 17.4. The second-order valence-electron chi connectivity index (χ2n) is 11.5. The van der Waals surface area contributed by atoms with Crippen LogP contribution in [0.5, 0.6) is 0 Å². The highest BCUT2D eigenvalue weighted by molar-refractivity contribution is 6.08. The molecule has 7 nitrogen and oxygen atoms in total. The van der Waals surface area contributed by atoms with E-state index in [-0.39, 0.29) is 30.2 Å². The van der Waals surface area contributed by atoms with Gasteiger partial charge in [0, 0.05) is 22.8 Å². The third-order valence-electron chi connectivity index (χ3n) is 7.00. The summed E-state index contributed by atoms with van der Waals surface area (Å²) in [5.74, 6) is -0.612. The van der Waals surface area contributed by atoms with Crippen LogP contribution in [-0.4, -0.2) is 36.0 Å². The van der Waals surface area contributed by atoms with Gasteiger partial charge in [0.1, 0.15) is 12.6 Å². The molecule has 0 radical (unpaired) electrons. The average Bonchev–Trinajstić information content (AvgIpc) is 2.99. The lowest BCUT2D eigenvalue weighted by Crippen LogP contribution is -2.55. The van der Waals surface area contributed by atoms with Crippen molar-refractivity contribution in [2.75, 3.05) is 16.3 Å². The molecule has 3 aromatic rings. The van der Waals surface area contributed by atoms with Gasteiger partial charge in [0.05, 0.1) is 0 Å². The van der Waals surface area contributed by atoms with Crippen molar-refractivity contribution >= 4 is 29.2 Å². The molecule has 39 heavy (non-hydrogen) atoms. The first-order chi connectivity index (χ1) is 18.5. The number of hydrogen-bond donors (Lipinski definition) is 2. The van der Waals surface area contributed by atoms with Gasteiger partial charge in [-0.15, -0.1) is 0 Å².